The molecule has 5 nitrogen and oxygen atoms in total. The summed E-state index contributed by atoms with van der Waals surface area (Å²) in [5, 5.41) is 6.90. The number of hydrogen-bond acceptors (Lipinski definition) is 4. The van der Waals surface area contributed by atoms with Crippen molar-refractivity contribution in [1.29, 1.82) is 0 Å². The molecule has 2 rings (SSSR count). The first-order valence-corrected chi connectivity index (χ1v) is 9.95. The lowest BCUT2D eigenvalue weighted by atomic mass is 9.98. The zero-order valence-electron chi connectivity index (χ0n) is 15.8. The minimum absolute atomic E-state index is 0.313. The molecule has 1 aliphatic carbocycles. The second-order valence-corrected chi connectivity index (χ2v) is 6.97. The minimum atomic E-state index is -0.313. The molecule has 0 atom stereocenters. The number of esters is 1. The molecule has 26 heavy (non-hydrogen) atoms. The average molecular weight is 379 g/mol. The number of ether oxygens (including phenoxy) is 2. The van der Waals surface area contributed by atoms with Gasteiger partial charge in [-0.15, -0.1) is 0 Å². The van der Waals surface area contributed by atoms with Crippen LogP contribution in [0.25, 0.3) is 0 Å². The molecule has 0 heterocycles. The van der Waals surface area contributed by atoms with Crippen molar-refractivity contribution >= 4 is 29.0 Å². The van der Waals surface area contributed by atoms with Crippen LogP contribution in [0.2, 0.25) is 0 Å². The van der Waals surface area contributed by atoms with Gasteiger partial charge >= 0.3 is 5.97 Å². The highest BCUT2D eigenvalue weighted by Crippen LogP contribution is 2.21. The van der Waals surface area contributed by atoms with Gasteiger partial charge in [0.05, 0.1) is 18.3 Å². The topological polar surface area (TPSA) is 59.6 Å². The van der Waals surface area contributed by atoms with Crippen LogP contribution in [0.1, 0.15) is 61.4 Å². The molecule has 0 saturated heterocycles. The summed E-state index contributed by atoms with van der Waals surface area (Å²) in [6.07, 6.45) is 7.69. The first kappa shape index (κ1) is 20.6. The van der Waals surface area contributed by atoms with Crippen LogP contribution in [0.4, 0.5) is 5.69 Å². The van der Waals surface area contributed by atoms with E-state index in [0.29, 0.717) is 23.4 Å². The van der Waals surface area contributed by atoms with Crippen molar-refractivity contribution in [1.82, 2.24) is 5.32 Å². The monoisotopic (exact) mass is 378 g/mol. The van der Waals surface area contributed by atoms with E-state index in [1.807, 2.05) is 19.1 Å². The van der Waals surface area contributed by atoms with E-state index >= 15 is 0 Å². The van der Waals surface area contributed by atoms with Crippen molar-refractivity contribution in [3.8, 4) is 0 Å². The molecule has 0 amide bonds. The molecule has 0 radical (unpaired) electrons. The van der Waals surface area contributed by atoms with E-state index in [1.54, 1.807) is 13.0 Å². The van der Waals surface area contributed by atoms with Gasteiger partial charge in [0.15, 0.2) is 5.11 Å². The van der Waals surface area contributed by atoms with E-state index in [1.165, 1.54) is 32.1 Å². The molecule has 2 N–H and O–H groups in total. The molecule has 0 bridgehead atoms. The number of carbonyl (C=O) groups is 1. The molecule has 1 aromatic rings. The number of carbonyl (C=O) groups excluding carboxylic acids is 1. The largest absolute Gasteiger partial charge is 0.462 e. The summed E-state index contributed by atoms with van der Waals surface area (Å²) in [6.45, 7) is 5.56. The van der Waals surface area contributed by atoms with Crippen LogP contribution in [0, 0.1) is 6.92 Å². The van der Waals surface area contributed by atoms with Gasteiger partial charge in [0, 0.05) is 18.8 Å². The minimum Gasteiger partial charge on any atom is -0.462 e. The highest BCUT2D eigenvalue weighted by molar-refractivity contribution is 7.80. The maximum atomic E-state index is 12.0. The molecule has 1 aliphatic rings. The summed E-state index contributed by atoms with van der Waals surface area (Å²) in [5.74, 6) is -0.313. The fourth-order valence-corrected chi connectivity index (χ4v) is 3.34. The summed E-state index contributed by atoms with van der Waals surface area (Å²) in [6, 6.07) is 5.48. The van der Waals surface area contributed by atoms with E-state index in [2.05, 4.69) is 10.6 Å². The number of nitrogens with one attached hydrogen (secondary N) is 2. The van der Waals surface area contributed by atoms with E-state index in [4.69, 9.17) is 21.7 Å². The van der Waals surface area contributed by atoms with Crippen molar-refractivity contribution in [3.63, 3.8) is 0 Å². The lowest BCUT2D eigenvalue weighted by Crippen LogP contribution is -2.30. The standard InChI is InChI=1S/C20H30N2O3S/c1-3-24-19(23)17-11-7-12-18(15(17)2)22-20(26)21-13-8-14-25-16-9-5-4-6-10-16/h7,11-12,16H,3-6,8-10,13-14H2,1-2H3,(H2,21,22,26). The van der Waals surface area contributed by atoms with Crippen molar-refractivity contribution in [2.45, 2.75) is 58.5 Å². The van der Waals surface area contributed by atoms with E-state index in [0.717, 1.165) is 30.8 Å². The number of thiocarbonyl (C=S) groups is 1. The Morgan fingerprint density at radius 2 is 2.04 bits per heavy atom. The molecule has 1 fully saturated rings. The third-order valence-electron chi connectivity index (χ3n) is 4.59. The van der Waals surface area contributed by atoms with Crippen LogP contribution in [-0.2, 0) is 9.47 Å². The lowest BCUT2D eigenvalue weighted by molar-refractivity contribution is 0.0277. The van der Waals surface area contributed by atoms with Crippen molar-refractivity contribution < 1.29 is 14.3 Å². The van der Waals surface area contributed by atoms with Gasteiger partial charge in [0.2, 0.25) is 0 Å². The van der Waals surface area contributed by atoms with Crippen molar-refractivity contribution in [3.05, 3.63) is 29.3 Å². The maximum Gasteiger partial charge on any atom is 0.338 e. The van der Waals surface area contributed by atoms with Crippen LogP contribution in [0.15, 0.2) is 18.2 Å². The molecule has 1 saturated carbocycles. The molecule has 0 aromatic heterocycles. The molecule has 0 unspecified atom stereocenters. The Balaban J connectivity index is 1.72. The molecule has 0 aliphatic heterocycles. The van der Waals surface area contributed by atoms with Gasteiger partial charge in [0.25, 0.3) is 0 Å². The highest BCUT2D eigenvalue weighted by Gasteiger charge is 2.14. The number of benzene rings is 1. The molecule has 0 spiro atoms. The van der Waals surface area contributed by atoms with Crippen molar-refractivity contribution in [2.24, 2.45) is 0 Å². The van der Waals surface area contributed by atoms with E-state index in [-0.39, 0.29) is 5.97 Å². The van der Waals surface area contributed by atoms with E-state index < -0.39 is 0 Å². The summed E-state index contributed by atoms with van der Waals surface area (Å²) >= 11 is 5.35. The Bertz CT molecular complexity index is 601. The number of rotatable bonds is 8. The number of hydrogen-bond donors (Lipinski definition) is 2. The van der Waals surface area contributed by atoms with Crippen LogP contribution in [0.5, 0.6) is 0 Å². The third kappa shape index (κ3) is 6.57. The molecule has 6 heteroatoms. The SMILES string of the molecule is CCOC(=O)c1cccc(NC(=S)NCCCOC2CCCCC2)c1C. The van der Waals surface area contributed by atoms with Gasteiger partial charge < -0.3 is 20.1 Å². The maximum absolute atomic E-state index is 12.0. The zero-order chi connectivity index (χ0) is 18.8. The fraction of sp³-hybridized carbons (Fsp3) is 0.600. The Morgan fingerprint density at radius 3 is 2.77 bits per heavy atom. The van der Waals surface area contributed by atoms with Crippen molar-refractivity contribution in [2.75, 3.05) is 25.1 Å². The highest BCUT2D eigenvalue weighted by atomic mass is 32.1. The third-order valence-corrected chi connectivity index (χ3v) is 4.84. The smallest absolute Gasteiger partial charge is 0.338 e. The predicted molar refractivity (Wildman–Crippen MR) is 109 cm³/mol. The van der Waals surface area contributed by atoms with E-state index in [9.17, 15) is 4.79 Å². The quantitative estimate of drug-likeness (QED) is 0.402. The summed E-state index contributed by atoms with van der Waals surface area (Å²) in [5.41, 5.74) is 2.20. The van der Waals surface area contributed by atoms with Crippen LogP contribution < -0.4 is 10.6 Å². The Labute approximate surface area is 161 Å². The fourth-order valence-electron chi connectivity index (χ4n) is 3.12. The summed E-state index contributed by atoms with van der Waals surface area (Å²) in [4.78, 5) is 12.0. The Kier molecular flexibility index (Phi) is 8.85. The molecule has 144 valence electrons. The van der Waals surface area contributed by atoms with Crippen LogP contribution >= 0.6 is 12.2 Å². The zero-order valence-corrected chi connectivity index (χ0v) is 16.6. The van der Waals surface area contributed by atoms with Gasteiger partial charge in [-0.25, -0.2) is 4.79 Å². The second kappa shape index (κ2) is 11.1. The molecular formula is C20H30N2O3S. The number of anilines is 1. The second-order valence-electron chi connectivity index (χ2n) is 6.56. The Hall–Kier alpha value is -1.66. The van der Waals surface area contributed by atoms with Gasteiger partial charge in [0.1, 0.15) is 0 Å². The Morgan fingerprint density at radius 1 is 1.27 bits per heavy atom. The molecular weight excluding hydrogens is 348 g/mol. The average Bonchev–Trinajstić information content (AvgIpc) is 2.64. The normalized spacial score (nSPS) is 14.7. The van der Waals surface area contributed by atoms with Gasteiger partial charge in [-0.3, -0.25) is 0 Å². The first-order chi connectivity index (χ1) is 12.6. The summed E-state index contributed by atoms with van der Waals surface area (Å²) in [7, 11) is 0. The summed E-state index contributed by atoms with van der Waals surface area (Å²) < 4.78 is 11.0. The van der Waals surface area contributed by atoms with Crippen LogP contribution in [0.3, 0.4) is 0 Å². The van der Waals surface area contributed by atoms with Crippen LogP contribution in [-0.4, -0.2) is 36.9 Å². The lowest BCUT2D eigenvalue weighted by Gasteiger charge is -2.22. The molecule has 1 aromatic carbocycles. The van der Waals surface area contributed by atoms with Gasteiger partial charge in [-0.1, -0.05) is 25.3 Å². The van der Waals surface area contributed by atoms with Gasteiger partial charge in [-0.05, 0) is 63.0 Å². The predicted octanol–water partition coefficient (Wildman–Crippen LogP) is 4.20. The van der Waals surface area contributed by atoms with Gasteiger partial charge in [-0.2, -0.15) is 0 Å². The first-order valence-electron chi connectivity index (χ1n) is 9.55.